The second kappa shape index (κ2) is 6.85. The number of rotatable bonds is 2. The lowest BCUT2D eigenvalue weighted by atomic mass is 10.0. The van der Waals surface area contributed by atoms with Crippen LogP contribution in [0.25, 0.3) is 21.0 Å². The van der Waals surface area contributed by atoms with E-state index in [-0.39, 0.29) is 5.91 Å². The molecule has 0 bridgehead atoms. The topological polar surface area (TPSA) is 71.7 Å². The minimum Gasteiger partial charge on any atom is -0.319 e. The van der Waals surface area contributed by atoms with E-state index >= 15 is 0 Å². The van der Waals surface area contributed by atoms with Crippen molar-refractivity contribution in [2.45, 2.75) is 25.3 Å². The summed E-state index contributed by atoms with van der Waals surface area (Å²) in [4.78, 5) is 17.8. The lowest BCUT2D eigenvalue weighted by Gasteiger charge is -2.31. The van der Waals surface area contributed by atoms with Crippen LogP contribution in [0.1, 0.15) is 19.3 Å². The molecular weight excluding hydrogens is 382 g/mol. The summed E-state index contributed by atoms with van der Waals surface area (Å²) >= 11 is 1.46. The number of benzene rings is 2. The van der Waals surface area contributed by atoms with Gasteiger partial charge in [-0.2, -0.15) is 9.30 Å². The first-order valence-electron chi connectivity index (χ1n) is 8.89. The third kappa shape index (κ3) is 3.33. The summed E-state index contributed by atoms with van der Waals surface area (Å²) in [5, 5.41) is 2.26. The zero-order valence-corrected chi connectivity index (χ0v) is 16.9. The Balaban J connectivity index is 1.81. The molecule has 0 spiro atoms. The molecule has 1 aromatic heterocycles. The molecule has 0 N–H and O–H groups in total. The fourth-order valence-electron chi connectivity index (χ4n) is 3.68. The fourth-order valence-corrected chi connectivity index (χ4v) is 5.96. The molecule has 2 heterocycles. The molecule has 1 amide bonds. The summed E-state index contributed by atoms with van der Waals surface area (Å²) in [6, 6.07) is 11.5. The maximum atomic E-state index is 12.8. The first-order chi connectivity index (χ1) is 12.9. The van der Waals surface area contributed by atoms with Crippen molar-refractivity contribution < 1.29 is 13.2 Å². The standard InChI is InChI=1S/C19H21N3O3S2/c1-21-15-11-10-13-7-3-4-8-14(13)17(15)26-19(21)20-18(23)16-9-5-6-12-22(16)27(2,24)25/h3-4,7-8,10-11,16H,5-6,9,12H2,1-2H3. The highest BCUT2D eigenvalue weighted by Crippen LogP contribution is 2.27. The van der Waals surface area contributed by atoms with Gasteiger partial charge in [0, 0.05) is 19.0 Å². The van der Waals surface area contributed by atoms with Crippen molar-refractivity contribution in [3.63, 3.8) is 0 Å². The van der Waals surface area contributed by atoms with Crippen LogP contribution in [0.15, 0.2) is 41.4 Å². The van der Waals surface area contributed by atoms with Gasteiger partial charge in [-0.05, 0) is 24.3 Å². The number of hydrogen-bond donors (Lipinski definition) is 0. The lowest BCUT2D eigenvalue weighted by Crippen LogP contribution is -2.47. The molecule has 1 unspecified atom stereocenters. The lowest BCUT2D eigenvalue weighted by molar-refractivity contribution is -0.122. The summed E-state index contributed by atoms with van der Waals surface area (Å²) in [5.41, 5.74) is 1.01. The molecule has 1 aliphatic heterocycles. The Morgan fingerprint density at radius 3 is 2.74 bits per heavy atom. The van der Waals surface area contributed by atoms with Gasteiger partial charge in [-0.25, -0.2) is 8.42 Å². The number of aromatic nitrogens is 1. The minimum absolute atomic E-state index is 0.383. The van der Waals surface area contributed by atoms with Gasteiger partial charge in [0.05, 0.1) is 16.5 Å². The van der Waals surface area contributed by atoms with Gasteiger partial charge in [-0.15, -0.1) is 0 Å². The molecule has 2 aromatic carbocycles. The van der Waals surface area contributed by atoms with Gasteiger partial charge in [0.25, 0.3) is 5.91 Å². The van der Waals surface area contributed by atoms with E-state index in [9.17, 15) is 13.2 Å². The summed E-state index contributed by atoms with van der Waals surface area (Å²) in [5.74, 6) is -0.383. The van der Waals surface area contributed by atoms with E-state index < -0.39 is 16.1 Å². The largest absolute Gasteiger partial charge is 0.319 e. The maximum Gasteiger partial charge on any atom is 0.266 e. The number of piperidine rings is 1. The van der Waals surface area contributed by atoms with E-state index in [0.29, 0.717) is 17.8 Å². The molecule has 0 aliphatic carbocycles. The van der Waals surface area contributed by atoms with Crippen LogP contribution in [-0.4, -0.2) is 42.0 Å². The second-order valence-corrected chi connectivity index (χ2v) is 9.83. The van der Waals surface area contributed by atoms with E-state index in [0.717, 1.165) is 40.1 Å². The summed E-state index contributed by atoms with van der Waals surface area (Å²) in [6.45, 7) is 0.383. The van der Waals surface area contributed by atoms with Gasteiger partial charge in [-0.3, -0.25) is 4.79 Å². The Labute approximate surface area is 161 Å². The molecule has 0 saturated carbocycles. The number of carbonyl (C=O) groups is 1. The van der Waals surface area contributed by atoms with Crippen LogP contribution in [0.2, 0.25) is 0 Å². The first kappa shape index (κ1) is 18.3. The quantitative estimate of drug-likeness (QED) is 0.660. The molecule has 8 heteroatoms. The smallest absolute Gasteiger partial charge is 0.266 e. The first-order valence-corrected chi connectivity index (χ1v) is 11.6. The normalized spacial score (nSPS) is 19.8. The van der Waals surface area contributed by atoms with E-state index in [2.05, 4.69) is 23.2 Å². The molecule has 4 rings (SSSR count). The number of nitrogens with zero attached hydrogens (tertiary/aromatic N) is 3. The maximum absolute atomic E-state index is 12.8. The number of fused-ring (bicyclic) bond motifs is 3. The van der Waals surface area contributed by atoms with Gasteiger partial charge in [0.2, 0.25) is 10.0 Å². The van der Waals surface area contributed by atoms with Gasteiger partial charge >= 0.3 is 0 Å². The third-order valence-electron chi connectivity index (χ3n) is 5.07. The highest BCUT2D eigenvalue weighted by Gasteiger charge is 2.34. The Hall–Kier alpha value is -2.03. The molecule has 27 heavy (non-hydrogen) atoms. The van der Waals surface area contributed by atoms with E-state index in [1.54, 1.807) is 0 Å². The SMILES string of the molecule is Cn1c(=NC(=O)C2CCCCN2S(C)(=O)=O)sc2c3ccccc3ccc21. The Morgan fingerprint density at radius 1 is 1.19 bits per heavy atom. The van der Waals surface area contributed by atoms with Crippen LogP contribution in [0, 0.1) is 0 Å². The van der Waals surface area contributed by atoms with Crippen molar-refractivity contribution in [3.05, 3.63) is 41.2 Å². The van der Waals surface area contributed by atoms with Crippen molar-refractivity contribution in [3.8, 4) is 0 Å². The number of amides is 1. The predicted molar refractivity (Wildman–Crippen MR) is 108 cm³/mol. The van der Waals surface area contributed by atoms with Gasteiger partial charge in [0.1, 0.15) is 6.04 Å². The van der Waals surface area contributed by atoms with Gasteiger partial charge in [0.15, 0.2) is 4.80 Å². The van der Waals surface area contributed by atoms with Crippen LogP contribution in [-0.2, 0) is 21.9 Å². The van der Waals surface area contributed by atoms with Gasteiger partial charge in [-0.1, -0.05) is 48.1 Å². The third-order valence-corrected chi connectivity index (χ3v) is 7.54. The summed E-state index contributed by atoms with van der Waals surface area (Å²) in [6.07, 6.45) is 3.29. The number of sulfonamides is 1. The van der Waals surface area contributed by atoms with Crippen molar-refractivity contribution in [1.82, 2.24) is 8.87 Å². The molecule has 1 saturated heterocycles. The van der Waals surface area contributed by atoms with Crippen LogP contribution in [0.4, 0.5) is 0 Å². The van der Waals surface area contributed by atoms with Crippen LogP contribution < -0.4 is 4.80 Å². The van der Waals surface area contributed by atoms with Crippen LogP contribution in [0.3, 0.4) is 0 Å². The Morgan fingerprint density at radius 2 is 1.96 bits per heavy atom. The van der Waals surface area contributed by atoms with Crippen molar-refractivity contribution >= 4 is 48.3 Å². The molecule has 0 radical (unpaired) electrons. The highest BCUT2D eigenvalue weighted by molar-refractivity contribution is 7.88. The Kier molecular flexibility index (Phi) is 4.65. The summed E-state index contributed by atoms with van der Waals surface area (Å²) in [7, 11) is -1.54. The average molecular weight is 404 g/mol. The number of aryl methyl sites for hydroxylation is 1. The van der Waals surface area contributed by atoms with Crippen molar-refractivity contribution in [1.29, 1.82) is 0 Å². The Bertz CT molecular complexity index is 1210. The molecule has 3 aromatic rings. The zero-order chi connectivity index (χ0) is 19.2. The van der Waals surface area contributed by atoms with Crippen molar-refractivity contribution in [2.24, 2.45) is 12.0 Å². The molecule has 142 valence electrons. The van der Waals surface area contributed by atoms with E-state index in [1.807, 2.05) is 29.8 Å². The van der Waals surface area contributed by atoms with E-state index in [1.165, 1.54) is 15.6 Å². The van der Waals surface area contributed by atoms with E-state index in [4.69, 9.17) is 0 Å². The molecule has 6 nitrogen and oxygen atoms in total. The van der Waals surface area contributed by atoms with Gasteiger partial charge < -0.3 is 4.57 Å². The monoisotopic (exact) mass is 403 g/mol. The zero-order valence-electron chi connectivity index (χ0n) is 15.3. The predicted octanol–water partition coefficient (Wildman–Crippen LogP) is 2.63. The molecule has 1 aliphatic rings. The number of thiazole rings is 1. The second-order valence-electron chi connectivity index (χ2n) is 6.91. The van der Waals surface area contributed by atoms with Crippen LogP contribution >= 0.6 is 11.3 Å². The molecular formula is C19H21N3O3S2. The number of hydrogen-bond acceptors (Lipinski definition) is 4. The fraction of sp³-hybridized carbons (Fsp3) is 0.368. The molecule has 1 fully saturated rings. The minimum atomic E-state index is -3.43. The number of carbonyl (C=O) groups excluding carboxylic acids is 1. The summed E-state index contributed by atoms with van der Waals surface area (Å²) < 4.78 is 28.3. The van der Waals surface area contributed by atoms with Crippen LogP contribution in [0.5, 0.6) is 0 Å². The molecule has 1 atom stereocenters. The van der Waals surface area contributed by atoms with Crippen molar-refractivity contribution in [2.75, 3.05) is 12.8 Å². The average Bonchev–Trinajstić information content (AvgIpc) is 2.97. The highest BCUT2D eigenvalue weighted by atomic mass is 32.2.